The number of hydrogen-bond acceptors (Lipinski definition) is 12. The average Bonchev–Trinajstić information content (AvgIpc) is 3.15. The van der Waals surface area contributed by atoms with E-state index in [0.29, 0.717) is 11.9 Å². The fraction of sp³-hybridized carbons (Fsp3) is 0.362. The van der Waals surface area contributed by atoms with Crippen molar-refractivity contribution in [1.29, 1.82) is 0 Å². The molecule has 0 aliphatic rings. The highest BCUT2D eigenvalue weighted by Gasteiger charge is 2.15. The van der Waals surface area contributed by atoms with E-state index in [1.165, 1.54) is 0 Å². The molecule has 0 unspecified atom stereocenters. The van der Waals surface area contributed by atoms with Gasteiger partial charge < -0.3 is 31.9 Å². The largest absolute Gasteiger partial charge is 0.354 e. The van der Waals surface area contributed by atoms with Crippen LogP contribution in [0.4, 0.5) is 58.4 Å². The van der Waals surface area contributed by atoms with Crippen LogP contribution in [-0.4, -0.2) is 42.9 Å². The number of hydrogen-bond donors (Lipinski definition) is 6. The summed E-state index contributed by atoms with van der Waals surface area (Å²) in [6.07, 6.45) is -2.28. The fourth-order valence-electron chi connectivity index (χ4n) is 7.61. The Morgan fingerprint density at radius 1 is 0.356 bits per heavy atom. The highest BCUT2D eigenvalue weighted by molar-refractivity contribution is 5.69. The van der Waals surface area contributed by atoms with Crippen molar-refractivity contribution in [2.24, 2.45) is 0 Å². The van der Waals surface area contributed by atoms with Crippen LogP contribution in [0, 0.1) is 83.1 Å². The van der Waals surface area contributed by atoms with E-state index in [0.717, 1.165) is 89.5 Å². The van der Waals surface area contributed by atoms with E-state index in [1.54, 1.807) is 0 Å². The fourth-order valence-corrected chi connectivity index (χ4v) is 7.61. The van der Waals surface area contributed by atoms with Gasteiger partial charge in [0.15, 0.2) is 0 Å². The minimum Gasteiger partial charge on any atom is -0.354 e. The standard InChI is InChI=1S/C47H60N12/c1-26-18-30(5)38(31(6)19-26)50-44-54-42(55-45(58-44)51-39-32(7)20-27(2)21-33(39)8)48-16-14-13-15-17-49-43-56-46(52-40-34(9)22-28(3)23-35(40)10)59-47(57-43)53-41-36(11)24-29(4)25-37(41)12/h18-25H,13-17H2,1-12H3,(H3,48,50,51,54,55,58)(H3,49,52,53,56,57,59)/i14T2,16T2. The molecule has 0 spiro atoms. The molecule has 0 saturated carbocycles. The van der Waals surface area contributed by atoms with E-state index in [2.05, 4.69) is 119 Å². The summed E-state index contributed by atoms with van der Waals surface area (Å²) in [5.74, 6) is 1.18. The van der Waals surface area contributed by atoms with Gasteiger partial charge in [0, 0.05) is 41.3 Å². The second-order valence-corrected chi connectivity index (χ2v) is 15.7. The minimum atomic E-state index is -2.59. The molecular formula is C47H60N12. The Morgan fingerprint density at radius 3 is 0.898 bits per heavy atom. The highest BCUT2D eigenvalue weighted by Crippen LogP contribution is 2.30. The van der Waals surface area contributed by atoms with Crippen molar-refractivity contribution in [2.75, 3.05) is 44.9 Å². The van der Waals surface area contributed by atoms with Gasteiger partial charge >= 0.3 is 0 Å². The molecule has 6 rings (SSSR count). The number of aryl methyl sites for hydroxylation is 12. The molecule has 6 N–H and O–H groups in total. The molecule has 4 aromatic carbocycles. The predicted octanol–water partition coefficient (Wildman–Crippen LogP) is 11.4. The molecule has 0 aliphatic heterocycles. The van der Waals surface area contributed by atoms with E-state index < -0.39 is 12.9 Å². The summed E-state index contributed by atoms with van der Waals surface area (Å²) in [6, 6.07) is 16.6. The third-order valence-electron chi connectivity index (χ3n) is 9.95. The monoisotopic (exact) mass is 801 g/mol. The lowest BCUT2D eigenvalue weighted by molar-refractivity contribution is 0.715. The lowest BCUT2D eigenvalue weighted by atomic mass is 10.1. The molecule has 0 amide bonds. The maximum Gasteiger partial charge on any atom is 0.233 e. The minimum absolute atomic E-state index is 0.129. The first-order valence-corrected chi connectivity index (χ1v) is 20.0. The van der Waals surface area contributed by atoms with Gasteiger partial charge in [-0.1, -0.05) is 70.8 Å². The van der Waals surface area contributed by atoms with E-state index in [-0.39, 0.29) is 43.2 Å². The van der Waals surface area contributed by atoms with Gasteiger partial charge in [-0.15, -0.1) is 0 Å². The van der Waals surface area contributed by atoms with Crippen LogP contribution in [-0.2, 0) is 0 Å². The van der Waals surface area contributed by atoms with Gasteiger partial charge in [-0.05, 0) is 147 Å². The van der Waals surface area contributed by atoms with E-state index in [4.69, 9.17) is 10.5 Å². The first-order valence-electron chi connectivity index (χ1n) is 22.0. The van der Waals surface area contributed by atoms with Crippen LogP contribution in [0.15, 0.2) is 48.5 Å². The van der Waals surface area contributed by atoms with Gasteiger partial charge in [-0.2, -0.15) is 29.9 Å². The first kappa shape index (κ1) is 37.0. The molecule has 0 fully saturated rings. The van der Waals surface area contributed by atoms with Crippen LogP contribution >= 0.6 is 0 Å². The van der Waals surface area contributed by atoms with Crippen molar-refractivity contribution < 1.29 is 5.48 Å². The Labute approximate surface area is 355 Å². The number of anilines is 10. The van der Waals surface area contributed by atoms with Crippen molar-refractivity contribution in [3.8, 4) is 0 Å². The van der Waals surface area contributed by atoms with Crippen LogP contribution in [0.5, 0.6) is 0 Å². The molecule has 6 aromatic rings. The summed E-state index contributed by atoms with van der Waals surface area (Å²) in [5.41, 5.74) is 16.2. The number of nitrogens with one attached hydrogen (secondary N) is 6. The average molecular weight is 801 g/mol. The number of benzene rings is 4. The Bertz CT molecular complexity index is 2420. The quantitative estimate of drug-likeness (QED) is 0.0517. The summed E-state index contributed by atoms with van der Waals surface area (Å²) in [5, 5.41) is 19.3. The van der Waals surface area contributed by atoms with Crippen molar-refractivity contribution in [1.82, 2.24) is 29.9 Å². The van der Waals surface area contributed by atoms with Crippen LogP contribution in [0.3, 0.4) is 0 Å². The maximum atomic E-state index is 8.97. The SMILES string of the molecule is [3H]C([3H])(CCCNc1nc(Nc2c(C)cc(C)cc2C)nc(Nc2c(C)cc(C)cc2C)n1)C([3H])([3H])Nc1nc(Nc2c(C)cc(C)cc2C)nc(Nc2c(C)cc(C)cc2C)n1. The zero-order valence-electron chi connectivity index (χ0n) is 40.4. The summed E-state index contributed by atoms with van der Waals surface area (Å²) < 4.78 is 35.8. The van der Waals surface area contributed by atoms with Crippen molar-refractivity contribution in [3.63, 3.8) is 0 Å². The topological polar surface area (TPSA) is 150 Å². The van der Waals surface area contributed by atoms with Crippen LogP contribution in [0.1, 0.15) is 91.5 Å². The van der Waals surface area contributed by atoms with E-state index >= 15 is 0 Å². The van der Waals surface area contributed by atoms with Crippen LogP contribution < -0.4 is 31.9 Å². The van der Waals surface area contributed by atoms with Gasteiger partial charge in [-0.25, -0.2) is 0 Å². The van der Waals surface area contributed by atoms with Gasteiger partial charge in [0.25, 0.3) is 0 Å². The van der Waals surface area contributed by atoms with Gasteiger partial charge in [0.2, 0.25) is 35.7 Å². The van der Waals surface area contributed by atoms with E-state index in [9.17, 15) is 0 Å². The molecule has 0 atom stereocenters. The molecule has 12 nitrogen and oxygen atoms in total. The Balaban J connectivity index is 1.21. The Hall–Kier alpha value is -6.30. The number of nitrogens with zero attached hydrogens (tertiary/aromatic N) is 6. The number of rotatable bonds is 16. The first-order chi connectivity index (χ1) is 29.6. The third-order valence-corrected chi connectivity index (χ3v) is 9.95. The van der Waals surface area contributed by atoms with Crippen LogP contribution in [0.2, 0.25) is 0 Å². The summed E-state index contributed by atoms with van der Waals surface area (Å²) in [6.45, 7) is 22.0. The van der Waals surface area contributed by atoms with Gasteiger partial charge in [0.05, 0.1) is 0 Å². The zero-order chi connectivity index (χ0) is 46.0. The molecule has 2 aromatic heterocycles. The smallest absolute Gasteiger partial charge is 0.233 e. The highest BCUT2D eigenvalue weighted by atomic mass is 15.3. The maximum absolute atomic E-state index is 8.97. The molecule has 0 bridgehead atoms. The third kappa shape index (κ3) is 11.0. The molecule has 0 aliphatic carbocycles. The normalized spacial score (nSPS) is 12.5. The number of aromatic nitrogens is 6. The van der Waals surface area contributed by atoms with Crippen molar-refractivity contribution in [3.05, 3.63) is 115 Å². The molecule has 2 heterocycles. The summed E-state index contributed by atoms with van der Waals surface area (Å²) in [7, 11) is 0. The second kappa shape index (κ2) is 18.5. The zero-order valence-corrected chi connectivity index (χ0v) is 36.4. The van der Waals surface area contributed by atoms with Crippen molar-refractivity contribution in [2.45, 2.75) is 102 Å². The second-order valence-electron chi connectivity index (χ2n) is 15.7. The Morgan fingerprint density at radius 2 is 0.610 bits per heavy atom. The summed E-state index contributed by atoms with van der Waals surface area (Å²) >= 11 is 0. The van der Waals surface area contributed by atoms with Crippen molar-refractivity contribution >= 4 is 58.4 Å². The molecular weight excluding hydrogens is 733 g/mol. The van der Waals surface area contributed by atoms with E-state index in [1.807, 2.05) is 69.2 Å². The predicted molar refractivity (Wildman–Crippen MR) is 246 cm³/mol. The molecule has 12 heteroatoms. The van der Waals surface area contributed by atoms with Crippen LogP contribution in [0.25, 0.3) is 0 Å². The van der Waals surface area contributed by atoms with Gasteiger partial charge in [0.1, 0.15) is 0 Å². The van der Waals surface area contributed by atoms with Gasteiger partial charge in [-0.3, -0.25) is 0 Å². The Kier molecular flexibility index (Phi) is 11.6. The molecule has 0 saturated heterocycles. The summed E-state index contributed by atoms with van der Waals surface area (Å²) in [4.78, 5) is 27.8. The molecule has 0 radical (unpaired) electrons. The molecule has 59 heavy (non-hydrogen) atoms. The lowest BCUT2D eigenvalue weighted by Crippen LogP contribution is -2.13. The molecule has 308 valence electrons. The lowest BCUT2D eigenvalue weighted by Gasteiger charge is -2.17.